The second kappa shape index (κ2) is 6.73. The van der Waals surface area contributed by atoms with E-state index >= 15 is 0 Å². The maximum absolute atomic E-state index is 8.20. The van der Waals surface area contributed by atoms with Crippen LogP contribution in [0.25, 0.3) is 10.8 Å². The van der Waals surface area contributed by atoms with E-state index in [1.807, 2.05) is 0 Å². The number of nitrogens with zero attached hydrogens (tertiary/aromatic N) is 1. The van der Waals surface area contributed by atoms with Crippen molar-refractivity contribution in [3.8, 4) is 0 Å². The van der Waals surface area contributed by atoms with Gasteiger partial charge in [0, 0.05) is 19.5 Å². The van der Waals surface area contributed by atoms with Crippen molar-refractivity contribution >= 4 is 29.0 Å². The van der Waals surface area contributed by atoms with Gasteiger partial charge >= 0.3 is 0 Å². The molecule has 0 aromatic heterocycles. The van der Waals surface area contributed by atoms with Crippen molar-refractivity contribution in [1.29, 1.82) is 5.41 Å². The van der Waals surface area contributed by atoms with E-state index in [0.717, 1.165) is 26.3 Å². The Hall–Kier alpha value is -1.58. The molecule has 1 heterocycles. The van der Waals surface area contributed by atoms with Crippen molar-refractivity contribution in [2.75, 3.05) is 26.3 Å². The Morgan fingerprint density at radius 3 is 2.50 bits per heavy atom. The van der Waals surface area contributed by atoms with Crippen molar-refractivity contribution in [2.45, 2.75) is 6.42 Å². The minimum atomic E-state index is 0. The maximum Gasteiger partial charge on any atom is 0.100 e. The summed E-state index contributed by atoms with van der Waals surface area (Å²) in [5.41, 5.74) is 1.20. The Morgan fingerprint density at radius 2 is 1.75 bits per heavy atom. The standard InChI is InChI=1S/C16H18N2O.ClH/c17-16(18-7-9-19-10-8-18)12-13-5-6-14-3-1-2-4-15(14)11-13;/h1-6,11,17H,7-10,12H2;1H. The Bertz CT molecular complexity index is 594. The van der Waals surface area contributed by atoms with Crippen molar-refractivity contribution in [3.05, 3.63) is 48.0 Å². The summed E-state index contributed by atoms with van der Waals surface area (Å²) in [6, 6.07) is 14.8. The van der Waals surface area contributed by atoms with Crippen molar-refractivity contribution in [2.24, 2.45) is 0 Å². The van der Waals surface area contributed by atoms with Crippen molar-refractivity contribution in [3.63, 3.8) is 0 Å². The van der Waals surface area contributed by atoms with E-state index in [0.29, 0.717) is 12.3 Å². The quantitative estimate of drug-likeness (QED) is 0.681. The van der Waals surface area contributed by atoms with Gasteiger partial charge in [0.1, 0.15) is 5.84 Å². The number of morpholine rings is 1. The normalized spacial score (nSPS) is 14.9. The third-order valence-electron chi connectivity index (χ3n) is 3.58. The molecule has 20 heavy (non-hydrogen) atoms. The van der Waals surface area contributed by atoms with E-state index < -0.39 is 0 Å². The van der Waals surface area contributed by atoms with E-state index in [9.17, 15) is 0 Å². The molecule has 0 amide bonds. The topological polar surface area (TPSA) is 36.3 Å². The molecule has 0 bridgehead atoms. The number of nitrogens with one attached hydrogen (secondary N) is 1. The molecular formula is C16H19ClN2O. The Kier molecular flexibility index (Phi) is 4.99. The summed E-state index contributed by atoms with van der Waals surface area (Å²) >= 11 is 0. The lowest BCUT2D eigenvalue weighted by atomic mass is 10.0. The number of ether oxygens (including phenoxy) is 1. The highest BCUT2D eigenvalue weighted by atomic mass is 35.5. The molecule has 0 spiro atoms. The molecule has 0 atom stereocenters. The van der Waals surface area contributed by atoms with E-state index in [2.05, 4.69) is 47.4 Å². The first-order valence-corrected chi connectivity index (χ1v) is 6.71. The molecule has 0 aliphatic carbocycles. The number of fused-ring (bicyclic) bond motifs is 1. The van der Waals surface area contributed by atoms with Crippen LogP contribution < -0.4 is 0 Å². The smallest absolute Gasteiger partial charge is 0.100 e. The minimum absolute atomic E-state index is 0. The minimum Gasteiger partial charge on any atom is -0.378 e. The van der Waals surface area contributed by atoms with Crippen LogP contribution in [-0.4, -0.2) is 37.0 Å². The second-order valence-electron chi connectivity index (χ2n) is 4.90. The lowest BCUT2D eigenvalue weighted by Crippen LogP contribution is -2.41. The summed E-state index contributed by atoms with van der Waals surface area (Å²) in [7, 11) is 0. The van der Waals surface area contributed by atoms with Crippen LogP contribution in [0, 0.1) is 5.41 Å². The van der Waals surface area contributed by atoms with Crippen LogP contribution in [0.3, 0.4) is 0 Å². The first-order chi connectivity index (χ1) is 9.33. The van der Waals surface area contributed by atoms with Gasteiger partial charge < -0.3 is 9.64 Å². The monoisotopic (exact) mass is 290 g/mol. The van der Waals surface area contributed by atoms with Crippen LogP contribution in [0.5, 0.6) is 0 Å². The third-order valence-corrected chi connectivity index (χ3v) is 3.58. The number of amidine groups is 1. The second-order valence-corrected chi connectivity index (χ2v) is 4.90. The van der Waals surface area contributed by atoms with Gasteiger partial charge in [-0.3, -0.25) is 5.41 Å². The molecule has 3 rings (SSSR count). The molecule has 1 aliphatic heterocycles. The fourth-order valence-corrected chi connectivity index (χ4v) is 2.49. The zero-order chi connectivity index (χ0) is 13.1. The highest BCUT2D eigenvalue weighted by Gasteiger charge is 2.13. The van der Waals surface area contributed by atoms with Crippen molar-refractivity contribution in [1.82, 2.24) is 4.90 Å². The molecule has 106 valence electrons. The fourth-order valence-electron chi connectivity index (χ4n) is 2.49. The fraction of sp³-hybridized carbons (Fsp3) is 0.312. The highest BCUT2D eigenvalue weighted by Crippen LogP contribution is 2.16. The molecule has 0 radical (unpaired) electrons. The van der Waals surface area contributed by atoms with Gasteiger partial charge in [0.05, 0.1) is 13.2 Å². The van der Waals surface area contributed by atoms with Crippen LogP contribution in [-0.2, 0) is 11.2 Å². The average molecular weight is 291 g/mol. The summed E-state index contributed by atoms with van der Waals surface area (Å²) in [5.74, 6) is 0.693. The molecule has 0 unspecified atom stereocenters. The Labute approximate surface area is 125 Å². The third kappa shape index (κ3) is 3.30. The first kappa shape index (κ1) is 14.8. The molecule has 1 N–H and O–H groups in total. The molecule has 0 saturated carbocycles. The van der Waals surface area contributed by atoms with Crippen LogP contribution in [0.15, 0.2) is 42.5 Å². The van der Waals surface area contributed by atoms with Gasteiger partial charge in [-0.25, -0.2) is 0 Å². The maximum atomic E-state index is 8.20. The zero-order valence-corrected chi connectivity index (χ0v) is 12.2. The van der Waals surface area contributed by atoms with Gasteiger partial charge in [-0.2, -0.15) is 0 Å². The largest absolute Gasteiger partial charge is 0.378 e. The highest BCUT2D eigenvalue weighted by molar-refractivity contribution is 5.86. The Morgan fingerprint density at radius 1 is 1.05 bits per heavy atom. The van der Waals surface area contributed by atoms with Crippen LogP contribution in [0.1, 0.15) is 5.56 Å². The molecule has 1 aliphatic rings. The molecule has 4 heteroatoms. The predicted molar refractivity (Wildman–Crippen MR) is 85.0 cm³/mol. The molecule has 2 aromatic carbocycles. The van der Waals surface area contributed by atoms with Gasteiger partial charge in [-0.1, -0.05) is 42.5 Å². The number of hydrogen-bond donors (Lipinski definition) is 1. The van der Waals surface area contributed by atoms with E-state index in [1.54, 1.807) is 0 Å². The molecular weight excluding hydrogens is 272 g/mol. The van der Waals surface area contributed by atoms with E-state index in [4.69, 9.17) is 10.1 Å². The summed E-state index contributed by atoms with van der Waals surface area (Å²) in [4.78, 5) is 2.11. The summed E-state index contributed by atoms with van der Waals surface area (Å²) in [5, 5.41) is 10.7. The molecule has 1 saturated heterocycles. The predicted octanol–water partition coefficient (Wildman–Crippen LogP) is 3.11. The Balaban J connectivity index is 0.00000147. The van der Waals surface area contributed by atoms with Gasteiger partial charge in [-0.15, -0.1) is 12.4 Å². The molecule has 1 fully saturated rings. The van der Waals surface area contributed by atoms with Crippen LogP contribution in [0.2, 0.25) is 0 Å². The van der Waals surface area contributed by atoms with Gasteiger partial charge in [0.15, 0.2) is 0 Å². The average Bonchev–Trinajstić information content (AvgIpc) is 2.48. The lowest BCUT2D eigenvalue weighted by molar-refractivity contribution is 0.0670. The molecule has 2 aromatic rings. The van der Waals surface area contributed by atoms with Crippen molar-refractivity contribution < 1.29 is 4.74 Å². The number of hydrogen-bond acceptors (Lipinski definition) is 2. The van der Waals surface area contributed by atoms with E-state index in [-0.39, 0.29) is 12.4 Å². The molecule has 3 nitrogen and oxygen atoms in total. The van der Waals surface area contributed by atoms with Crippen LogP contribution >= 0.6 is 12.4 Å². The zero-order valence-electron chi connectivity index (χ0n) is 11.3. The van der Waals surface area contributed by atoms with Crippen LogP contribution in [0.4, 0.5) is 0 Å². The number of benzene rings is 2. The van der Waals surface area contributed by atoms with Gasteiger partial charge in [-0.05, 0) is 16.3 Å². The van der Waals surface area contributed by atoms with Gasteiger partial charge in [0.2, 0.25) is 0 Å². The summed E-state index contributed by atoms with van der Waals surface area (Å²) in [6.07, 6.45) is 0.699. The number of rotatable bonds is 2. The lowest BCUT2D eigenvalue weighted by Gasteiger charge is -2.29. The van der Waals surface area contributed by atoms with Gasteiger partial charge in [0.25, 0.3) is 0 Å². The first-order valence-electron chi connectivity index (χ1n) is 6.71. The SMILES string of the molecule is Cl.N=C(Cc1ccc2ccccc2c1)N1CCOCC1. The number of halogens is 1. The summed E-state index contributed by atoms with van der Waals surface area (Å²) < 4.78 is 5.32. The van der Waals surface area contributed by atoms with E-state index in [1.165, 1.54) is 16.3 Å². The summed E-state index contributed by atoms with van der Waals surface area (Å²) in [6.45, 7) is 3.15.